The third kappa shape index (κ3) is 35.3. The molecular weight excluding hydrogens is 1030 g/mol. The van der Waals surface area contributed by atoms with Crippen molar-refractivity contribution in [3.63, 3.8) is 0 Å². The van der Waals surface area contributed by atoms with Crippen LogP contribution >= 0.6 is 0 Å². The van der Waals surface area contributed by atoms with Gasteiger partial charge in [-0.3, -0.25) is 47.9 Å². The summed E-state index contributed by atoms with van der Waals surface area (Å²) in [4.78, 5) is 136. The van der Waals surface area contributed by atoms with E-state index >= 15 is 0 Å². The molecular formula is C51H89N9O18. The Morgan fingerprint density at radius 1 is 0.500 bits per heavy atom. The number of likely N-dealkylation sites (N-methyl/N-ethyl adjacent to an activating group) is 1. The zero-order valence-corrected chi connectivity index (χ0v) is 48.7. The minimum absolute atomic E-state index is 0.0613. The maximum Gasteiger partial charge on any atom is 0.308 e. The summed E-state index contributed by atoms with van der Waals surface area (Å²) in [5, 5.41) is 15.6. The van der Waals surface area contributed by atoms with E-state index in [-0.39, 0.29) is 45.4 Å². The summed E-state index contributed by atoms with van der Waals surface area (Å²) in [6, 6.07) is -7.52. The van der Waals surface area contributed by atoms with E-state index in [4.69, 9.17) is 43.4 Å². The number of nitrogens with one attached hydrogen (secondary N) is 5. The van der Waals surface area contributed by atoms with Crippen molar-refractivity contribution in [3.05, 3.63) is 10.4 Å². The molecule has 5 N–H and O–H groups in total. The van der Waals surface area contributed by atoms with Crippen molar-refractivity contribution in [2.75, 3.05) is 73.0 Å². The quantitative estimate of drug-likeness (QED) is 0.0152. The van der Waals surface area contributed by atoms with Gasteiger partial charge >= 0.3 is 23.9 Å². The predicted octanol–water partition coefficient (Wildman–Crippen LogP) is 2.24. The van der Waals surface area contributed by atoms with Crippen LogP contribution < -0.4 is 26.6 Å². The van der Waals surface area contributed by atoms with Gasteiger partial charge in [-0.15, -0.1) is 0 Å². The lowest BCUT2D eigenvalue weighted by atomic mass is 10.0. The van der Waals surface area contributed by atoms with E-state index in [9.17, 15) is 47.9 Å². The molecule has 0 aliphatic rings. The van der Waals surface area contributed by atoms with Gasteiger partial charge in [0.15, 0.2) is 0 Å². The number of hydrogen-bond acceptors (Lipinski definition) is 19. The summed E-state index contributed by atoms with van der Waals surface area (Å²) in [5.74, 6) is -9.05. The van der Waals surface area contributed by atoms with Crippen LogP contribution in [-0.4, -0.2) is 190 Å². The van der Waals surface area contributed by atoms with Crippen LogP contribution in [0.4, 0.5) is 0 Å². The molecule has 0 aromatic carbocycles. The van der Waals surface area contributed by atoms with Crippen molar-refractivity contribution in [2.24, 2.45) is 11.0 Å². The lowest BCUT2D eigenvalue weighted by Crippen LogP contribution is -2.60. The lowest BCUT2D eigenvalue weighted by molar-refractivity contribution is -0.158. The van der Waals surface area contributed by atoms with Crippen LogP contribution in [0.3, 0.4) is 0 Å². The average molecular weight is 1120 g/mol. The summed E-state index contributed by atoms with van der Waals surface area (Å²) < 4.78 is 43.2. The Morgan fingerprint density at radius 3 is 1.37 bits per heavy atom. The van der Waals surface area contributed by atoms with Gasteiger partial charge in [0.25, 0.3) is 0 Å². The van der Waals surface area contributed by atoms with Crippen LogP contribution in [0.2, 0.25) is 0 Å². The van der Waals surface area contributed by atoms with Crippen molar-refractivity contribution in [3.8, 4) is 0 Å². The van der Waals surface area contributed by atoms with Crippen molar-refractivity contribution in [1.82, 2.24) is 31.5 Å². The molecule has 0 aromatic rings. The fourth-order valence-electron chi connectivity index (χ4n) is 6.41. The van der Waals surface area contributed by atoms with Gasteiger partial charge in [0.05, 0.1) is 72.1 Å². The van der Waals surface area contributed by atoms with Crippen LogP contribution in [-0.2, 0) is 85.8 Å². The van der Waals surface area contributed by atoms with Crippen molar-refractivity contribution < 1.29 is 85.8 Å². The second-order valence-corrected chi connectivity index (χ2v) is 22.3. The Morgan fingerprint density at radius 2 is 0.910 bits per heavy atom. The maximum absolute atomic E-state index is 14.2. The van der Waals surface area contributed by atoms with Crippen molar-refractivity contribution in [1.29, 1.82) is 0 Å². The SMILES string of the molecule is CC(C)[C@H](NC(=O)[C@H](CCC(=O)OC(C)(C)C)NC(=O)[C@@H](CC(=O)OC(C)(C)C)NC(=O)CN=[N+]=[N-])C(=O)N[C@H](CC(=O)OC(C)(C)C)C(=O)N(C)[C@@H](C)C(=O)NCCOCCOCCOCCOCCC(=O)OC(C)(C)C. The molecule has 0 unspecified atom stereocenters. The molecule has 0 radical (unpaired) electrons. The van der Waals surface area contributed by atoms with Crippen LogP contribution in [0, 0.1) is 5.92 Å². The van der Waals surface area contributed by atoms with Crippen molar-refractivity contribution in [2.45, 2.75) is 189 Å². The fourth-order valence-corrected chi connectivity index (χ4v) is 6.41. The average Bonchev–Trinajstić information content (AvgIpc) is 3.28. The van der Waals surface area contributed by atoms with Gasteiger partial charge in [0, 0.05) is 24.9 Å². The number of hydrogen-bond donors (Lipinski definition) is 5. The van der Waals surface area contributed by atoms with Crippen LogP contribution in [0.1, 0.15) is 136 Å². The van der Waals surface area contributed by atoms with Gasteiger partial charge in [-0.25, -0.2) is 0 Å². The minimum atomic E-state index is -1.68. The largest absolute Gasteiger partial charge is 0.460 e. The van der Waals surface area contributed by atoms with Gasteiger partial charge < -0.3 is 69.4 Å². The summed E-state index contributed by atoms with van der Waals surface area (Å²) in [7, 11) is 1.30. The maximum atomic E-state index is 14.2. The van der Waals surface area contributed by atoms with Crippen LogP contribution in [0.25, 0.3) is 10.4 Å². The second-order valence-electron chi connectivity index (χ2n) is 22.3. The van der Waals surface area contributed by atoms with Gasteiger partial charge in [-0.1, -0.05) is 19.0 Å². The number of carbonyl (C=O) groups is 10. The van der Waals surface area contributed by atoms with E-state index in [1.54, 1.807) is 96.9 Å². The number of rotatable bonds is 35. The zero-order valence-electron chi connectivity index (χ0n) is 48.7. The van der Waals surface area contributed by atoms with Gasteiger partial charge in [0.2, 0.25) is 35.4 Å². The number of esters is 4. The third-order valence-electron chi connectivity index (χ3n) is 9.90. The number of nitrogens with zero attached hydrogens (tertiary/aromatic N) is 4. The van der Waals surface area contributed by atoms with E-state index in [0.29, 0.717) is 26.4 Å². The molecule has 0 bridgehead atoms. The molecule has 78 heavy (non-hydrogen) atoms. The summed E-state index contributed by atoms with van der Waals surface area (Å²) in [5.41, 5.74) is 5.24. The highest BCUT2D eigenvalue weighted by Crippen LogP contribution is 2.16. The lowest BCUT2D eigenvalue weighted by Gasteiger charge is -2.31. The molecule has 0 aromatic heterocycles. The van der Waals surface area contributed by atoms with Crippen LogP contribution in [0.5, 0.6) is 0 Å². The molecule has 0 rings (SSSR count). The molecule has 6 amide bonds. The summed E-state index contributed by atoms with van der Waals surface area (Å²) in [6.45, 7) is 25.6. The molecule has 5 atom stereocenters. The molecule has 0 spiro atoms. The van der Waals surface area contributed by atoms with Gasteiger partial charge in [-0.05, 0) is 108 Å². The molecule has 0 heterocycles. The molecule has 0 aliphatic carbocycles. The normalized spacial score (nSPS) is 13.7. The fraction of sp³-hybridized carbons (Fsp3) is 0.804. The topological polar surface area (TPSA) is 357 Å². The molecule has 0 saturated carbocycles. The summed E-state index contributed by atoms with van der Waals surface area (Å²) >= 11 is 0. The van der Waals surface area contributed by atoms with E-state index in [2.05, 4.69) is 36.6 Å². The second kappa shape index (κ2) is 35.4. The molecule has 0 saturated heterocycles. The number of azide groups is 1. The number of amides is 6. The monoisotopic (exact) mass is 1120 g/mol. The Hall–Kier alpha value is -6.15. The molecule has 446 valence electrons. The highest BCUT2D eigenvalue weighted by atomic mass is 16.6. The molecule has 27 nitrogen and oxygen atoms in total. The van der Waals surface area contributed by atoms with E-state index in [1.165, 1.54) is 14.0 Å². The number of carbonyl (C=O) groups excluding carboxylic acids is 10. The first kappa shape index (κ1) is 71.8. The van der Waals surface area contributed by atoms with E-state index in [1.807, 2.05) is 0 Å². The first-order chi connectivity index (χ1) is 35.9. The standard InChI is InChI=1S/C51H89N9O18/c1-32(2)42(58-44(67)34(17-18-38(62)75-48(4,5)6)56-45(68)35(55-37(61)31-54-59-52)29-40(64)77-50(10,11)12)46(69)57-36(30-41(65)78-51(13,14)15)47(70)60(16)33(3)43(66)53-20-22-72-24-26-74-28-27-73-25-23-71-21-19-39(63)76-49(7,8)9/h32-36,42H,17-31H2,1-16H3,(H,53,66)(H,55,61)(H,56,68)(H,57,69)(H,58,67)/t33-,34-,35+,36+,42-/m0/s1. The highest BCUT2D eigenvalue weighted by molar-refractivity contribution is 5.98. The molecule has 0 aliphatic heterocycles. The predicted molar refractivity (Wildman–Crippen MR) is 282 cm³/mol. The zero-order chi connectivity index (χ0) is 60.0. The molecule has 27 heteroatoms. The Bertz CT molecular complexity index is 2020. The Kier molecular flexibility index (Phi) is 32.6. The highest BCUT2D eigenvalue weighted by Gasteiger charge is 2.37. The Balaban J connectivity index is 5.99. The first-order valence-corrected chi connectivity index (χ1v) is 25.9. The van der Waals surface area contributed by atoms with E-state index in [0.717, 1.165) is 4.90 Å². The Labute approximate surface area is 458 Å². The van der Waals surface area contributed by atoms with Gasteiger partial charge in [0.1, 0.15) is 59.2 Å². The third-order valence-corrected chi connectivity index (χ3v) is 9.90. The van der Waals surface area contributed by atoms with E-state index < -0.39 is 144 Å². The minimum Gasteiger partial charge on any atom is -0.460 e. The van der Waals surface area contributed by atoms with Crippen LogP contribution in [0.15, 0.2) is 5.11 Å². The van der Waals surface area contributed by atoms with Crippen molar-refractivity contribution >= 4 is 59.3 Å². The molecule has 0 fully saturated rings. The smallest absolute Gasteiger partial charge is 0.308 e. The summed E-state index contributed by atoms with van der Waals surface area (Å²) in [6.07, 6.45) is -2.12. The number of ether oxygens (including phenoxy) is 8. The first-order valence-electron chi connectivity index (χ1n) is 25.9. The van der Waals surface area contributed by atoms with Gasteiger partial charge in [-0.2, -0.15) is 0 Å².